The van der Waals surface area contributed by atoms with Crippen LogP contribution in [-0.4, -0.2) is 14.5 Å². The highest BCUT2D eigenvalue weighted by Crippen LogP contribution is 2.17. The van der Waals surface area contributed by atoms with Gasteiger partial charge in [0.1, 0.15) is 0 Å². The van der Waals surface area contributed by atoms with Crippen LogP contribution in [0.1, 0.15) is 5.69 Å². The molecule has 0 saturated heterocycles. The summed E-state index contributed by atoms with van der Waals surface area (Å²) in [4.78, 5) is 14.2. The fraction of sp³-hybridized carbons (Fsp3) is 0.182. The Bertz CT molecular complexity index is 536. The van der Waals surface area contributed by atoms with Crippen LogP contribution in [0.4, 0.5) is 11.4 Å². The van der Waals surface area contributed by atoms with Crippen molar-refractivity contribution in [1.29, 1.82) is 0 Å². The monoisotopic (exact) mass is 232 g/mol. The van der Waals surface area contributed by atoms with Gasteiger partial charge in [0.25, 0.3) is 5.69 Å². The summed E-state index contributed by atoms with van der Waals surface area (Å²) in [5.74, 6) is 0. The van der Waals surface area contributed by atoms with Gasteiger partial charge in [0, 0.05) is 31.1 Å². The number of aromatic nitrogens is 2. The molecule has 17 heavy (non-hydrogen) atoms. The van der Waals surface area contributed by atoms with Crippen LogP contribution in [0, 0.1) is 10.1 Å². The molecule has 0 unspecified atom stereocenters. The molecule has 0 fully saturated rings. The number of non-ortho nitro benzene ring substituents is 1. The second kappa shape index (κ2) is 4.65. The molecule has 6 heteroatoms. The van der Waals surface area contributed by atoms with Crippen LogP contribution in [-0.2, 0) is 13.6 Å². The first-order valence-corrected chi connectivity index (χ1v) is 5.10. The molecular formula is C11H12N4O2. The molecule has 0 amide bonds. The van der Waals surface area contributed by atoms with Crippen LogP contribution in [0.3, 0.4) is 0 Å². The number of benzene rings is 1. The Morgan fingerprint density at radius 3 is 3.00 bits per heavy atom. The van der Waals surface area contributed by atoms with Gasteiger partial charge in [0.05, 0.1) is 23.5 Å². The quantitative estimate of drug-likeness (QED) is 0.645. The predicted octanol–water partition coefficient (Wildman–Crippen LogP) is 1.94. The van der Waals surface area contributed by atoms with E-state index in [9.17, 15) is 10.1 Å². The number of nitro groups is 1. The molecule has 88 valence electrons. The minimum atomic E-state index is -0.407. The highest BCUT2D eigenvalue weighted by molar-refractivity contribution is 5.50. The van der Waals surface area contributed by atoms with Gasteiger partial charge < -0.3 is 9.88 Å². The van der Waals surface area contributed by atoms with Gasteiger partial charge in [0.15, 0.2) is 0 Å². The standard InChI is InChI=1S/C11H12N4O2/c1-14-8-12-6-11(14)7-13-9-3-2-4-10(5-9)15(16)17/h2-6,8,13H,7H2,1H3. The molecule has 1 heterocycles. The Hall–Kier alpha value is -2.37. The summed E-state index contributed by atoms with van der Waals surface area (Å²) in [6, 6.07) is 6.43. The molecule has 0 spiro atoms. The predicted molar refractivity (Wildman–Crippen MR) is 63.6 cm³/mol. The molecule has 2 rings (SSSR count). The molecule has 0 bridgehead atoms. The van der Waals surface area contributed by atoms with E-state index < -0.39 is 4.92 Å². The molecule has 2 aromatic rings. The molecule has 1 aromatic carbocycles. The summed E-state index contributed by atoms with van der Waals surface area (Å²) >= 11 is 0. The van der Waals surface area contributed by atoms with Gasteiger partial charge in [0.2, 0.25) is 0 Å². The maximum atomic E-state index is 10.6. The van der Waals surface area contributed by atoms with E-state index >= 15 is 0 Å². The number of hydrogen-bond acceptors (Lipinski definition) is 4. The minimum absolute atomic E-state index is 0.0833. The molecule has 0 atom stereocenters. The van der Waals surface area contributed by atoms with Gasteiger partial charge in [-0.25, -0.2) is 4.98 Å². The highest BCUT2D eigenvalue weighted by Gasteiger charge is 2.05. The Kier molecular flexibility index (Phi) is 3.04. The van der Waals surface area contributed by atoms with Crippen LogP contribution < -0.4 is 5.32 Å². The topological polar surface area (TPSA) is 73.0 Å². The Morgan fingerprint density at radius 1 is 1.53 bits per heavy atom. The Morgan fingerprint density at radius 2 is 2.35 bits per heavy atom. The van der Waals surface area contributed by atoms with Crippen molar-refractivity contribution in [3.8, 4) is 0 Å². The van der Waals surface area contributed by atoms with Crippen molar-refractivity contribution < 1.29 is 4.92 Å². The molecule has 1 aromatic heterocycles. The third kappa shape index (κ3) is 2.60. The van der Waals surface area contributed by atoms with Crippen molar-refractivity contribution in [1.82, 2.24) is 9.55 Å². The van der Waals surface area contributed by atoms with E-state index in [2.05, 4.69) is 10.3 Å². The lowest BCUT2D eigenvalue weighted by molar-refractivity contribution is -0.384. The average Bonchev–Trinajstić information content (AvgIpc) is 2.72. The van der Waals surface area contributed by atoms with Gasteiger partial charge in [-0.05, 0) is 6.07 Å². The summed E-state index contributed by atoms with van der Waals surface area (Å²) in [5, 5.41) is 13.7. The van der Waals surface area contributed by atoms with Crippen molar-refractivity contribution in [3.05, 3.63) is 52.6 Å². The van der Waals surface area contributed by atoms with Gasteiger partial charge >= 0.3 is 0 Å². The van der Waals surface area contributed by atoms with Crippen LogP contribution in [0.2, 0.25) is 0 Å². The Labute approximate surface area is 98.1 Å². The van der Waals surface area contributed by atoms with Crippen molar-refractivity contribution in [2.45, 2.75) is 6.54 Å². The molecule has 0 radical (unpaired) electrons. The first-order valence-electron chi connectivity index (χ1n) is 5.10. The lowest BCUT2D eigenvalue weighted by Gasteiger charge is -2.06. The molecule has 6 nitrogen and oxygen atoms in total. The van der Waals surface area contributed by atoms with Crippen LogP contribution in [0.15, 0.2) is 36.8 Å². The number of nitrogens with zero attached hydrogens (tertiary/aromatic N) is 3. The summed E-state index contributed by atoms with van der Waals surface area (Å²) in [7, 11) is 1.90. The normalized spacial score (nSPS) is 10.2. The SMILES string of the molecule is Cn1cncc1CNc1cccc([N+](=O)[O-])c1. The second-order valence-corrected chi connectivity index (χ2v) is 3.66. The number of anilines is 1. The van der Waals surface area contributed by atoms with Crippen molar-refractivity contribution in [2.24, 2.45) is 7.05 Å². The number of nitro benzene ring substituents is 1. The zero-order valence-electron chi connectivity index (χ0n) is 9.33. The molecule has 0 aliphatic rings. The molecule has 0 aliphatic carbocycles. The molecule has 1 N–H and O–H groups in total. The smallest absolute Gasteiger partial charge is 0.271 e. The van der Waals surface area contributed by atoms with Crippen molar-refractivity contribution in [3.63, 3.8) is 0 Å². The number of rotatable bonds is 4. The van der Waals surface area contributed by atoms with Crippen molar-refractivity contribution in [2.75, 3.05) is 5.32 Å². The summed E-state index contributed by atoms with van der Waals surface area (Å²) < 4.78 is 1.89. The lowest BCUT2D eigenvalue weighted by atomic mass is 10.3. The molecule has 0 aliphatic heterocycles. The van der Waals surface area contributed by atoms with E-state index in [4.69, 9.17) is 0 Å². The zero-order valence-corrected chi connectivity index (χ0v) is 9.33. The van der Waals surface area contributed by atoms with Gasteiger partial charge in [-0.15, -0.1) is 0 Å². The second-order valence-electron chi connectivity index (χ2n) is 3.66. The largest absolute Gasteiger partial charge is 0.379 e. The van der Waals surface area contributed by atoms with Crippen LogP contribution in [0.25, 0.3) is 0 Å². The maximum Gasteiger partial charge on any atom is 0.271 e. The zero-order chi connectivity index (χ0) is 12.3. The Balaban J connectivity index is 2.07. The van der Waals surface area contributed by atoms with Gasteiger partial charge in [-0.2, -0.15) is 0 Å². The van der Waals surface area contributed by atoms with E-state index in [0.717, 1.165) is 11.4 Å². The fourth-order valence-corrected chi connectivity index (χ4v) is 1.48. The van der Waals surface area contributed by atoms with E-state index in [1.54, 1.807) is 24.7 Å². The number of imidazole rings is 1. The van der Waals surface area contributed by atoms with E-state index in [-0.39, 0.29) is 5.69 Å². The first kappa shape index (κ1) is 11.1. The first-order chi connectivity index (χ1) is 8.16. The molecule has 0 saturated carbocycles. The summed E-state index contributed by atoms with van der Waals surface area (Å²) in [6.45, 7) is 0.581. The summed E-state index contributed by atoms with van der Waals surface area (Å²) in [6.07, 6.45) is 3.47. The maximum absolute atomic E-state index is 10.6. The van der Waals surface area contributed by atoms with Crippen LogP contribution in [0.5, 0.6) is 0 Å². The van der Waals surface area contributed by atoms with E-state index in [1.165, 1.54) is 12.1 Å². The van der Waals surface area contributed by atoms with Gasteiger partial charge in [-0.3, -0.25) is 10.1 Å². The van der Waals surface area contributed by atoms with E-state index in [1.807, 2.05) is 11.6 Å². The van der Waals surface area contributed by atoms with E-state index in [0.29, 0.717) is 6.54 Å². The third-order valence-corrected chi connectivity index (χ3v) is 2.45. The lowest BCUT2D eigenvalue weighted by Crippen LogP contribution is -2.04. The number of hydrogen-bond donors (Lipinski definition) is 1. The number of aryl methyl sites for hydroxylation is 1. The van der Waals surface area contributed by atoms with Gasteiger partial charge in [-0.1, -0.05) is 6.07 Å². The van der Waals surface area contributed by atoms with Crippen LogP contribution >= 0.6 is 0 Å². The van der Waals surface area contributed by atoms with Crippen molar-refractivity contribution >= 4 is 11.4 Å². The minimum Gasteiger partial charge on any atom is -0.379 e. The average molecular weight is 232 g/mol. The third-order valence-electron chi connectivity index (χ3n) is 2.45. The fourth-order valence-electron chi connectivity index (χ4n) is 1.48. The molecular weight excluding hydrogens is 220 g/mol. The number of nitrogens with one attached hydrogen (secondary N) is 1. The highest BCUT2D eigenvalue weighted by atomic mass is 16.6. The summed E-state index contributed by atoms with van der Waals surface area (Å²) in [5.41, 5.74) is 1.82.